The maximum Gasteiger partial charge on any atom is 0.337 e. The van der Waals surface area contributed by atoms with E-state index in [-0.39, 0.29) is 17.5 Å². The van der Waals surface area contributed by atoms with Crippen LogP contribution >= 0.6 is 0 Å². The van der Waals surface area contributed by atoms with E-state index in [1.165, 1.54) is 31.4 Å². The quantitative estimate of drug-likeness (QED) is 0.763. The number of benzene rings is 1. The predicted octanol–water partition coefficient (Wildman–Crippen LogP) is 1.21. The van der Waals surface area contributed by atoms with Crippen molar-refractivity contribution in [1.29, 1.82) is 5.26 Å². The average Bonchev–Trinajstić information content (AvgIpc) is 2.53. The predicted molar refractivity (Wildman–Crippen MR) is 76.1 cm³/mol. The number of nitrogens with zero attached hydrogens (tertiary/aromatic N) is 1. The molecule has 0 fully saturated rings. The molecule has 2 atom stereocenters. The van der Waals surface area contributed by atoms with Gasteiger partial charge in [0.15, 0.2) is 0 Å². The fraction of sp³-hybridized carbons (Fsp3) is 0.333. The van der Waals surface area contributed by atoms with Crippen LogP contribution in [0.1, 0.15) is 34.1 Å². The molecule has 1 aromatic rings. The zero-order chi connectivity index (χ0) is 16.7. The van der Waals surface area contributed by atoms with Crippen LogP contribution in [0.2, 0.25) is 0 Å². The lowest BCUT2D eigenvalue weighted by atomic mass is 10.0. The van der Waals surface area contributed by atoms with E-state index < -0.39 is 29.8 Å². The van der Waals surface area contributed by atoms with Crippen LogP contribution in [0.15, 0.2) is 24.3 Å². The lowest BCUT2D eigenvalue weighted by molar-refractivity contribution is -0.139. The van der Waals surface area contributed by atoms with E-state index in [1.54, 1.807) is 6.92 Å². The summed E-state index contributed by atoms with van der Waals surface area (Å²) >= 11 is 0. The summed E-state index contributed by atoms with van der Waals surface area (Å²) in [4.78, 5) is 34.6. The second-order valence-corrected chi connectivity index (χ2v) is 4.70. The van der Waals surface area contributed by atoms with Crippen LogP contribution < -0.4 is 5.32 Å². The maximum atomic E-state index is 12.1. The summed E-state index contributed by atoms with van der Waals surface area (Å²) in [5.41, 5.74) is 0.325. The van der Waals surface area contributed by atoms with Crippen molar-refractivity contribution in [3.63, 3.8) is 0 Å². The fourth-order valence-electron chi connectivity index (χ4n) is 1.77. The summed E-state index contributed by atoms with van der Waals surface area (Å²) in [7, 11) is 1.22. The minimum atomic E-state index is -1.22. The molecule has 116 valence electrons. The Balaban J connectivity index is 2.89. The highest BCUT2D eigenvalue weighted by molar-refractivity contribution is 5.99. The Labute approximate surface area is 127 Å². The molecule has 22 heavy (non-hydrogen) atoms. The number of hydrogen-bond acceptors (Lipinski definition) is 5. The van der Waals surface area contributed by atoms with Gasteiger partial charge in [-0.1, -0.05) is 6.07 Å². The SMILES string of the molecule is COC(=O)c1cccc(C(=O)N[C@H](C[C@H](C)C#N)C(=O)O)c1. The molecular weight excluding hydrogens is 288 g/mol. The summed E-state index contributed by atoms with van der Waals surface area (Å²) < 4.78 is 4.56. The lowest BCUT2D eigenvalue weighted by Gasteiger charge is -2.15. The van der Waals surface area contributed by atoms with E-state index >= 15 is 0 Å². The minimum Gasteiger partial charge on any atom is -0.480 e. The number of nitriles is 1. The van der Waals surface area contributed by atoms with Crippen molar-refractivity contribution in [2.45, 2.75) is 19.4 Å². The summed E-state index contributed by atoms with van der Waals surface area (Å²) in [6.45, 7) is 1.57. The first-order valence-corrected chi connectivity index (χ1v) is 6.50. The fourth-order valence-corrected chi connectivity index (χ4v) is 1.77. The largest absolute Gasteiger partial charge is 0.480 e. The Morgan fingerprint density at radius 1 is 1.36 bits per heavy atom. The monoisotopic (exact) mass is 304 g/mol. The Kier molecular flexibility index (Phi) is 6.08. The van der Waals surface area contributed by atoms with Crippen molar-refractivity contribution in [2.24, 2.45) is 5.92 Å². The van der Waals surface area contributed by atoms with E-state index in [0.717, 1.165) is 0 Å². The molecule has 0 radical (unpaired) electrons. The van der Waals surface area contributed by atoms with Crippen molar-refractivity contribution in [1.82, 2.24) is 5.32 Å². The maximum absolute atomic E-state index is 12.1. The highest BCUT2D eigenvalue weighted by atomic mass is 16.5. The molecule has 0 aliphatic heterocycles. The van der Waals surface area contributed by atoms with Gasteiger partial charge in [-0.05, 0) is 31.5 Å². The van der Waals surface area contributed by atoms with Crippen molar-refractivity contribution in [2.75, 3.05) is 7.11 Å². The molecule has 0 aliphatic carbocycles. The van der Waals surface area contributed by atoms with Gasteiger partial charge in [0.1, 0.15) is 6.04 Å². The molecule has 7 heteroatoms. The molecule has 0 saturated carbocycles. The number of nitrogens with one attached hydrogen (secondary N) is 1. The molecule has 0 aromatic heterocycles. The van der Waals surface area contributed by atoms with Crippen LogP contribution in [0.3, 0.4) is 0 Å². The summed E-state index contributed by atoms with van der Waals surface area (Å²) in [6, 6.07) is 6.48. The third kappa shape index (κ3) is 4.59. The van der Waals surface area contributed by atoms with E-state index in [4.69, 9.17) is 10.4 Å². The molecule has 2 N–H and O–H groups in total. The van der Waals surface area contributed by atoms with E-state index in [0.29, 0.717) is 0 Å². The molecule has 1 aromatic carbocycles. The van der Waals surface area contributed by atoms with Crippen molar-refractivity contribution < 1.29 is 24.2 Å². The van der Waals surface area contributed by atoms with Crippen LogP contribution in [-0.4, -0.2) is 36.1 Å². The Morgan fingerprint density at radius 2 is 2.00 bits per heavy atom. The summed E-state index contributed by atoms with van der Waals surface area (Å²) in [6.07, 6.45) is -0.00569. The van der Waals surface area contributed by atoms with E-state index in [9.17, 15) is 14.4 Å². The topological polar surface area (TPSA) is 116 Å². The second kappa shape index (κ2) is 7.78. The molecule has 0 heterocycles. The Hall–Kier alpha value is -2.88. The molecule has 0 unspecified atom stereocenters. The lowest BCUT2D eigenvalue weighted by Crippen LogP contribution is -2.41. The molecule has 1 amide bonds. The van der Waals surface area contributed by atoms with Crippen LogP contribution in [0, 0.1) is 17.2 Å². The van der Waals surface area contributed by atoms with Crippen LogP contribution in [0.4, 0.5) is 0 Å². The second-order valence-electron chi connectivity index (χ2n) is 4.70. The molecule has 7 nitrogen and oxygen atoms in total. The van der Waals surface area contributed by atoms with Crippen molar-refractivity contribution in [3.8, 4) is 6.07 Å². The molecule has 0 saturated heterocycles. The van der Waals surface area contributed by atoms with Crippen LogP contribution in [0.25, 0.3) is 0 Å². The Bertz CT molecular complexity index is 621. The number of aliphatic carboxylic acids is 1. The highest BCUT2D eigenvalue weighted by Gasteiger charge is 2.23. The molecule has 0 bridgehead atoms. The van der Waals surface area contributed by atoms with Crippen LogP contribution in [-0.2, 0) is 9.53 Å². The van der Waals surface area contributed by atoms with Gasteiger partial charge in [-0.15, -0.1) is 0 Å². The number of ether oxygens (including phenoxy) is 1. The molecule has 0 spiro atoms. The number of carbonyl (C=O) groups is 3. The minimum absolute atomic E-state index is 0.00569. The van der Waals surface area contributed by atoms with Gasteiger partial charge in [-0.3, -0.25) is 4.79 Å². The van der Waals surface area contributed by atoms with Crippen molar-refractivity contribution >= 4 is 17.8 Å². The molecular formula is C15H16N2O5. The number of methoxy groups -OCH3 is 1. The van der Waals surface area contributed by atoms with Gasteiger partial charge in [0.2, 0.25) is 0 Å². The van der Waals surface area contributed by atoms with Gasteiger partial charge in [0, 0.05) is 11.5 Å². The number of carboxylic acids is 1. The first-order chi connectivity index (χ1) is 10.4. The third-order valence-corrected chi connectivity index (χ3v) is 2.96. The normalized spacial score (nSPS) is 12.6. The summed E-state index contributed by atoms with van der Waals surface area (Å²) in [5, 5.41) is 20.2. The smallest absolute Gasteiger partial charge is 0.337 e. The number of carbonyl (C=O) groups excluding carboxylic acids is 2. The van der Waals surface area contributed by atoms with Gasteiger partial charge in [0.05, 0.1) is 18.7 Å². The van der Waals surface area contributed by atoms with Gasteiger partial charge in [-0.25, -0.2) is 9.59 Å². The van der Waals surface area contributed by atoms with Gasteiger partial charge in [0.25, 0.3) is 5.91 Å². The third-order valence-electron chi connectivity index (χ3n) is 2.96. The zero-order valence-corrected chi connectivity index (χ0v) is 12.2. The molecule has 0 aliphatic rings. The molecule has 1 rings (SSSR count). The van der Waals surface area contributed by atoms with E-state index in [1.807, 2.05) is 6.07 Å². The van der Waals surface area contributed by atoms with Crippen LogP contribution in [0.5, 0.6) is 0 Å². The van der Waals surface area contributed by atoms with Gasteiger partial charge < -0.3 is 15.2 Å². The number of carboxylic acid groups (broad SMARTS) is 1. The summed E-state index contributed by atoms with van der Waals surface area (Å²) in [5.74, 6) is -2.96. The van der Waals surface area contributed by atoms with E-state index in [2.05, 4.69) is 10.1 Å². The number of amides is 1. The average molecular weight is 304 g/mol. The zero-order valence-electron chi connectivity index (χ0n) is 12.2. The van der Waals surface area contributed by atoms with Gasteiger partial charge in [-0.2, -0.15) is 5.26 Å². The highest BCUT2D eigenvalue weighted by Crippen LogP contribution is 2.09. The number of hydrogen-bond donors (Lipinski definition) is 2. The van der Waals surface area contributed by atoms with Gasteiger partial charge >= 0.3 is 11.9 Å². The standard InChI is InChI=1S/C15H16N2O5/c1-9(8-16)6-12(14(19)20)17-13(18)10-4-3-5-11(7-10)15(21)22-2/h3-5,7,9,12H,6H2,1-2H3,(H,17,18)(H,19,20)/t9-,12+/m0/s1. The number of rotatable bonds is 6. The first kappa shape index (κ1) is 17.2. The number of esters is 1. The van der Waals surface area contributed by atoms with Crippen molar-refractivity contribution in [3.05, 3.63) is 35.4 Å². The Morgan fingerprint density at radius 3 is 2.55 bits per heavy atom. The first-order valence-electron chi connectivity index (χ1n) is 6.50.